The van der Waals surface area contributed by atoms with Crippen molar-refractivity contribution < 1.29 is 0 Å². The Bertz CT molecular complexity index is 154. The summed E-state index contributed by atoms with van der Waals surface area (Å²) in [6, 6.07) is 0. The fraction of sp³-hybridized carbons (Fsp3) is 0.500. The van der Waals surface area contributed by atoms with Crippen LogP contribution in [0.3, 0.4) is 0 Å². The van der Waals surface area contributed by atoms with E-state index in [4.69, 9.17) is 0 Å². The van der Waals surface area contributed by atoms with Crippen LogP contribution >= 0.6 is 0 Å². The van der Waals surface area contributed by atoms with Crippen molar-refractivity contribution in [1.82, 2.24) is 0 Å². The lowest BCUT2D eigenvalue weighted by molar-refractivity contribution is 0.716. The molecule has 1 atom stereocenters. The first-order valence-corrected chi connectivity index (χ1v) is 2.58. The van der Waals surface area contributed by atoms with Crippen LogP contribution < -0.4 is 0 Å². The molecule has 1 heterocycles. The van der Waals surface area contributed by atoms with Gasteiger partial charge in [0.05, 0.1) is 11.2 Å². The molecule has 1 rings (SSSR count). The highest BCUT2D eigenvalue weighted by Crippen LogP contribution is 2.20. The minimum Gasteiger partial charge on any atom is -0.178 e. The fourth-order valence-corrected chi connectivity index (χ4v) is 0.701. The molecule has 0 N–H and O–H groups in total. The van der Waals surface area contributed by atoms with E-state index >= 15 is 0 Å². The van der Waals surface area contributed by atoms with Crippen molar-refractivity contribution in [3.63, 3.8) is 0 Å². The van der Waals surface area contributed by atoms with E-state index in [1.807, 2.05) is 19.9 Å². The molecular formula is C6H9N2. The summed E-state index contributed by atoms with van der Waals surface area (Å²) in [7, 11) is 0. The molecule has 43 valence electrons. The van der Waals surface area contributed by atoms with Crippen molar-refractivity contribution in [2.75, 3.05) is 0 Å². The van der Waals surface area contributed by atoms with Crippen LogP contribution in [0.4, 0.5) is 0 Å². The Morgan fingerprint density at radius 2 is 2.38 bits per heavy atom. The molecule has 0 aliphatic carbocycles. The van der Waals surface area contributed by atoms with Crippen LogP contribution in [0.15, 0.2) is 22.0 Å². The van der Waals surface area contributed by atoms with Crippen molar-refractivity contribution in [2.24, 2.45) is 10.2 Å². The second-order valence-corrected chi connectivity index (χ2v) is 2.34. The van der Waals surface area contributed by atoms with E-state index in [2.05, 4.69) is 17.2 Å². The zero-order chi connectivity index (χ0) is 6.20. The maximum absolute atomic E-state index is 3.87. The van der Waals surface area contributed by atoms with Gasteiger partial charge in [-0.25, -0.2) is 0 Å². The first kappa shape index (κ1) is 5.48. The normalized spacial score (nSPS) is 23.6. The molecule has 0 saturated carbocycles. The minimum atomic E-state index is -0.288. The van der Waals surface area contributed by atoms with E-state index in [0.29, 0.717) is 0 Å². The SMILES string of the molecule is [CH2]C1(C)C=C(C)N=N1. The van der Waals surface area contributed by atoms with Crippen LogP contribution in [-0.4, -0.2) is 5.54 Å². The Morgan fingerprint density at radius 1 is 1.75 bits per heavy atom. The quantitative estimate of drug-likeness (QED) is 0.454. The van der Waals surface area contributed by atoms with E-state index < -0.39 is 0 Å². The first-order valence-electron chi connectivity index (χ1n) is 2.58. The maximum atomic E-state index is 3.87. The monoisotopic (exact) mass is 109 g/mol. The van der Waals surface area contributed by atoms with Crippen LogP contribution in [0.2, 0.25) is 0 Å². The summed E-state index contributed by atoms with van der Waals surface area (Å²) in [5.41, 5.74) is 0.673. The third-order valence-corrected chi connectivity index (χ3v) is 0.956. The van der Waals surface area contributed by atoms with Gasteiger partial charge in [0, 0.05) is 0 Å². The van der Waals surface area contributed by atoms with E-state index in [1.54, 1.807) is 0 Å². The molecule has 8 heavy (non-hydrogen) atoms. The molecule has 0 aromatic rings. The predicted octanol–water partition coefficient (Wildman–Crippen LogP) is 1.95. The van der Waals surface area contributed by atoms with Gasteiger partial charge in [0.25, 0.3) is 0 Å². The molecule has 0 aromatic carbocycles. The van der Waals surface area contributed by atoms with E-state index in [-0.39, 0.29) is 5.54 Å². The average molecular weight is 109 g/mol. The Labute approximate surface area is 49.3 Å². The smallest absolute Gasteiger partial charge is 0.0993 e. The third-order valence-electron chi connectivity index (χ3n) is 0.956. The Hall–Kier alpha value is -0.660. The molecule has 2 heteroatoms. The highest BCUT2D eigenvalue weighted by atomic mass is 15.2. The Balaban J connectivity index is 2.84. The molecule has 0 saturated heterocycles. The Kier molecular flexibility index (Phi) is 0.962. The molecule has 2 nitrogen and oxygen atoms in total. The highest BCUT2D eigenvalue weighted by molar-refractivity contribution is 5.15. The standard InChI is InChI=1S/C6H9N2/c1-5-4-6(2,3)8-7-5/h4H,2H2,1,3H3. The second-order valence-electron chi connectivity index (χ2n) is 2.34. The summed E-state index contributed by atoms with van der Waals surface area (Å²) in [4.78, 5) is 0. The van der Waals surface area contributed by atoms with Crippen molar-refractivity contribution >= 4 is 0 Å². The number of hydrogen-bond acceptors (Lipinski definition) is 2. The molecule has 1 radical (unpaired) electrons. The van der Waals surface area contributed by atoms with Gasteiger partial charge in [-0.05, 0) is 26.8 Å². The number of allylic oxidation sites excluding steroid dienone is 1. The molecule has 0 bridgehead atoms. The van der Waals surface area contributed by atoms with Crippen molar-refractivity contribution in [2.45, 2.75) is 19.4 Å². The molecule has 0 spiro atoms. The van der Waals surface area contributed by atoms with Gasteiger partial charge in [0.15, 0.2) is 0 Å². The fourth-order valence-electron chi connectivity index (χ4n) is 0.701. The molecule has 0 fully saturated rings. The van der Waals surface area contributed by atoms with Gasteiger partial charge in [-0.2, -0.15) is 10.2 Å². The van der Waals surface area contributed by atoms with Gasteiger partial charge in [0.1, 0.15) is 0 Å². The van der Waals surface area contributed by atoms with Crippen LogP contribution in [0.1, 0.15) is 13.8 Å². The molecule has 1 aliphatic heterocycles. The molecule has 0 aromatic heterocycles. The lowest BCUT2D eigenvalue weighted by Crippen LogP contribution is -2.08. The summed E-state index contributed by atoms with van der Waals surface area (Å²) in [5.74, 6) is 0. The van der Waals surface area contributed by atoms with Gasteiger partial charge >= 0.3 is 0 Å². The molecular weight excluding hydrogens is 100 g/mol. The number of rotatable bonds is 0. The van der Waals surface area contributed by atoms with Gasteiger partial charge < -0.3 is 0 Å². The van der Waals surface area contributed by atoms with E-state index in [9.17, 15) is 0 Å². The lowest BCUT2D eigenvalue weighted by atomic mass is 10.1. The average Bonchev–Trinajstić information content (AvgIpc) is 1.82. The largest absolute Gasteiger partial charge is 0.178 e. The van der Waals surface area contributed by atoms with Gasteiger partial charge in [-0.15, -0.1) is 0 Å². The van der Waals surface area contributed by atoms with Crippen molar-refractivity contribution in [1.29, 1.82) is 0 Å². The second kappa shape index (κ2) is 1.41. The Morgan fingerprint density at radius 3 is 2.50 bits per heavy atom. The number of nitrogens with zero attached hydrogens (tertiary/aromatic N) is 2. The topological polar surface area (TPSA) is 24.7 Å². The summed E-state index contributed by atoms with van der Waals surface area (Å²) in [6.07, 6.45) is 1.94. The molecule has 0 amide bonds. The minimum absolute atomic E-state index is 0.288. The van der Waals surface area contributed by atoms with Gasteiger partial charge in [-0.3, -0.25) is 0 Å². The predicted molar refractivity (Wildman–Crippen MR) is 32.4 cm³/mol. The highest BCUT2D eigenvalue weighted by Gasteiger charge is 2.17. The summed E-state index contributed by atoms with van der Waals surface area (Å²) in [5, 5.41) is 7.68. The van der Waals surface area contributed by atoms with Crippen LogP contribution in [-0.2, 0) is 0 Å². The van der Waals surface area contributed by atoms with Crippen molar-refractivity contribution in [3.05, 3.63) is 18.7 Å². The zero-order valence-corrected chi connectivity index (χ0v) is 5.18. The first-order chi connectivity index (χ1) is 3.60. The van der Waals surface area contributed by atoms with Crippen LogP contribution in [0.5, 0.6) is 0 Å². The van der Waals surface area contributed by atoms with Gasteiger partial charge in [0.2, 0.25) is 0 Å². The van der Waals surface area contributed by atoms with Crippen molar-refractivity contribution in [3.8, 4) is 0 Å². The third kappa shape index (κ3) is 0.941. The summed E-state index contributed by atoms with van der Waals surface area (Å²) in [6.45, 7) is 7.62. The lowest BCUT2D eigenvalue weighted by Gasteiger charge is -2.04. The molecule has 1 unspecified atom stereocenters. The van der Waals surface area contributed by atoms with Crippen LogP contribution in [0, 0.1) is 6.92 Å². The van der Waals surface area contributed by atoms with Crippen LogP contribution in [0.25, 0.3) is 0 Å². The summed E-state index contributed by atoms with van der Waals surface area (Å²) >= 11 is 0. The number of azo groups is 1. The van der Waals surface area contributed by atoms with E-state index in [0.717, 1.165) is 5.70 Å². The zero-order valence-electron chi connectivity index (χ0n) is 5.18. The maximum Gasteiger partial charge on any atom is 0.0993 e. The van der Waals surface area contributed by atoms with E-state index in [1.165, 1.54) is 0 Å². The molecule has 1 aliphatic rings. The number of hydrogen-bond donors (Lipinski definition) is 0. The summed E-state index contributed by atoms with van der Waals surface area (Å²) < 4.78 is 0. The van der Waals surface area contributed by atoms with Gasteiger partial charge in [-0.1, -0.05) is 0 Å².